The van der Waals surface area contributed by atoms with Crippen LogP contribution in [0.25, 0.3) is 0 Å². The molecule has 1 nitrogen and oxygen atoms in total. The minimum Gasteiger partial charge on any atom is -0.376 e. The summed E-state index contributed by atoms with van der Waals surface area (Å²) in [5, 5.41) is 1.09. The molecule has 0 aliphatic carbocycles. The van der Waals surface area contributed by atoms with Crippen LogP contribution in [0.4, 0.5) is 0 Å². The number of halogens is 1. The molecule has 0 rings (SSSR count). The standard InChI is InChI=1S/C10H21BrO/c1-5-12-10(3,4)8-9(2)6-7-11/h9H,5-8H2,1-4H3. The van der Waals surface area contributed by atoms with Gasteiger partial charge in [0.1, 0.15) is 0 Å². The zero-order chi connectivity index (χ0) is 9.61. The molecule has 0 fully saturated rings. The van der Waals surface area contributed by atoms with E-state index in [1.807, 2.05) is 0 Å². The van der Waals surface area contributed by atoms with E-state index >= 15 is 0 Å². The van der Waals surface area contributed by atoms with Crippen LogP contribution in [-0.4, -0.2) is 17.5 Å². The van der Waals surface area contributed by atoms with Crippen LogP contribution in [0.15, 0.2) is 0 Å². The number of hydrogen-bond acceptors (Lipinski definition) is 1. The van der Waals surface area contributed by atoms with Gasteiger partial charge in [-0.05, 0) is 39.5 Å². The summed E-state index contributed by atoms with van der Waals surface area (Å²) in [6.45, 7) is 9.48. The van der Waals surface area contributed by atoms with Crippen molar-refractivity contribution in [1.82, 2.24) is 0 Å². The van der Waals surface area contributed by atoms with Crippen molar-refractivity contribution >= 4 is 15.9 Å². The molecule has 1 atom stereocenters. The van der Waals surface area contributed by atoms with Gasteiger partial charge in [-0.15, -0.1) is 0 Å². The van der Waals surface area contributed by atoms with E-state index in [0.717, 1.165) is 24.3 Å². The van der Waals surface area contributed by atoms with Gasteiger partial charge in [0.05, 0.1) is 5.60 Å². The summed E-state index contributed by atoms with van der Waals surface area (Å²) in [6.07, 6.45) is 2.38. The second-order valence-electron chi connectivity index (χ2n) is 3.98. The first-order chi connectivity index (χ1) is 5.52. The second kappa shape index (κ2) is 5.98. The van der Waals surface area contributed by atoms with Crippen LogP contribution >= 0.6 is 15.9 Å². The smallest absolute Gasteiger partial charge is 0.0628 e. The third-order valence-corrected chi connectivity index (χ3v) is 2.43. The van der Waals surface area contributed by atoms with Crippen LogP contribution < -0.4 is 0 Å². The lowest BCUT2D eigenvalue weighted by Gasteiger charge is -2.27. The Morgan fingerprint density at radius 1 is 1.42 bits per heavy atom. The fourth-order valence-electron chi connectivity index (χ4n) is 1.58. The fraction of sp³-hybridized carbons (Fsp3) is 1.00. The fourth-order valence-corrected chi connectivity index (χ4v) is 2.36. The first kappa shape index (κ1) is 12.4. The Labute approximate surface area is 85.0 Å². The van der Waals surface area contributed by atoms with Gasteiger partial charge in [0.2, 0.25) is 0 Å². The van der Waals surface area contributed by atoms with Crippen molar-refractivity contribution in [3.63, 3.8) is 0 Å². The van der Waals surface area contributed by atoms with Gasteiger partial charge in [-0.1, -0.05) is 22.9 Å². The van der Waals surface area contributed by atoms with Crippen LogP contribution in [0, 0.1) is 5.92 Å². The Morgan fingerprint density at radius 2 is 2.00 bits per heavy atom. The van der Waals surface area contributed by atoms with Crippen molar-refractivity contribution in [2.24, 2.45) is 5.92 Å². The number of alkyl halides is 1. The van der Waals surface area contributed by atoms with E-state index in [1.54, 1.807) is 0 Å². The van der Waals surface area contributed by atoms with Crippen LogP contribution in [-0.2, 0) is 4.74 Å². The van der Waals surface area contributed by atoms with E-state index in [9.17, 15) is 0 Å². The molecule has 0 radical (unpaired) electrons. The Balaban J connectivity index is 3.70. The molecule has 0 aromatic rings. The van der Waals surface area contributed by atoms with Gasteiger partial charge in [0.15, 0.2) is 0 Å². The molecule has 1 unspecified atom stereocenters. The normalized spacial score (nSPS) is 14.8. The largest absolute Gasteiger partial charge is 0.376 e. The Hall–Kier alpha value is 0.440. The van der Waals surface area contributed by atoms with E-state index in [2.05, 4.69) is 43.6 Å². The summed E-state index contributed by atoms with van der Waals surface area (Å²) < 4.78 is 5.63. The highest BCUT2D eigenvalue weighted by Gasteiger charge is 2.20. The molecule has 0 heterocycles. The van der Waals surface area contributed by atoms with E-state index in [0.29, 0.717) is 0 Å². The number of hydrogen-bond donors (Lipinski definition) is 0. The van der Waals surface area contributed by atoms with Gasteiger partial charge < -0.3 is 4.74 Å². The van der Waals surface area contributed by atoms with Crippen LogP contribution in [0.2, 0.25) is 0 Å². The van der Waals surface area contributed by atoms with Gasteiger partial charge in [-0.2, -0.15) is 0 Å². The van der Waals surface area contributed by atoms with E-state index in [4.69, 9.17) is 4.74 Å². The molecule has 12 heavy (non-hydrogen) atoms. The van der Waals surface area contributed by atoms with Crippen molar-refractivity contribution in [2.45, 2.75) is 46.1 Å². The minimum atomic E-state index is 0.0519. The molecule has 0 N–H and O–H groups in total. The Morgan fingerprint density at radius 3 is 2.42 bits per heavy atom. The summed E-state index contributed by atoms with van der Waals surface area (Å²) in [4.78, 5) is 0. The highest BCUT2D eigenvalue weighted by atomic mass is 79.9. The summed E-state index contributed by atoms with van der Waals surface area (Å²) in [5.74, 6) is 0.742. The number of ether oxygens (including phenoxy) is 1. The van der Waals surface area contributed by atoms with Crippen LogP contribution in [0.1, 0.15) is 40.5 Å². The van der Waals surface area contributed by atoms with Crippen LogP contribution in [0.5, 0.6) is 0 Å². The van der Waals surface area contributed by atoms with Crippen LogP contribution in [0.3, 0.4) is 0 Å². The summed E-state index contributed by atoms with van der Waals surface area (Å²) in [6, 6.07) is 0. The molecule has 0 spiro atoms. The van der Waals surface area contributed by atoms with E-state index in [1.165, 1.54) is 6.42 Å². The molecule has 0 amide bonds. The maximum atomic E-state index is 5.63. The first-order valence-electron chi connectivity index (χ1n) is 4.71. The summed E-state index contributed by atoms with van der Waals surface area (Å²) in [5.41, 5.74) is 0.0519. The first-order valence-corrected chi connectivity index (χ1v) is 5.84. The number of rotatable bonds is 6. The predicted octanol–water partition coefficient (Wildman–Crippen LogP) is 3.61. The average molecular weight is 237 g/mol. The van der Waals surface area contributed by atoms with E-state index < -0.39 is 0 Å². The molecular formula is C10H21BrO. The Kier molecular flexibility index (Phi) is 6.20. The molecule has 2 heteroatoms. The van der Waals surface area contributed by atoms with E-state index in [-0.39, 0.29) is 5.60 Å². The molecule has 0 aromatic heterocycles. The lowest BCUT2D eigenvalue weighted by atomic mass is 9.93. The van der Waals surface area contributed by atoms with Gasteiger partial charge in [-0.3, -0.25) is 0 Å². The van der Waals surface area contributed by atoms with Crippen molar-refractivity contribution in [3.8, 4) is 0 Å². The van der Waals surface area contributed by atoms with Gasteiger partial charge in [-0.25, -0.2) is 0 Å². The van der Waals surface area contributed by atoms with Gasteiger partial charge >= 0.3 is 0 Å². The van der Waals surface area contributed by atoms with Crippen molar-refractivity contribution in [1.29, 1.82) is 0 Å². The third-order valence-electron chi connectivity index (χ3n) is 1.98. The Bertz CT molecular complexity index is 112. The maximum Gasteiger partial charge on any atom is 0.0628 e. The molecular weight excluding hydrogens is 216 g/mol. The third kappa shape index (κ3) is 6.01. The summed E-state index contributed by atoms with van der Waals surface area (Å²) >= 11 is 3.46. The van der Waals surface area contributed by atoms with Gasteiger partial charge in [0, 0.05) is 11.9 Å². The monoisotopic (exact) mass is 236 g/mol. The molecule has 0 aliphatic heterocycles. The summed E-state index contributed by atoms with van der Waals surface area (Å²) in [7, 11) is 0. The molecule has 74 valence electrons. The van der Waals surface area contributed by atoms with Crippen molar-refractivity contribution < 1.29 is 4.74 Å². The highest BCUT2D eigenvalue weighted by molar-refractivity contribution is 9.09. The molecule has 0 aliphatic rings. The zero-order valence-corrected chi connectivity index (χ0v) is 10.3. The molecule has 0 saturated heterocycles. The second-order valence-corrected chi connectivity index (χ2v) is 4.77. The molecule has 0 saturated carbocycles. The lowest BCUT2D eigenvalue weighted by Crippen LogP contribution is -2.27. The topological polar surface area (TPSA) is 9.23 Å². The minimum absolute atomic E-state index is 0.0519. The predicted molar refractivity (Wildman–Crippen MR) is 57.9 cm³/mol. The average Bonchev–Trinajstić information content (AvgIpc) is 1.85. The molecule has 0 aromatic carbocycles. The van der Waals surface area contributed by atoms with Crippen molar-refractivity contribution in [3.05, 3.63) is 0 Å². The van der Waals surface area contributed by atoms with Crippen molar-refractivity contribution in [2.75, 3.05) is 11.9 Å². The lowest BCUT2D eigenvalue weighted by molar-refractivity contribution is -0.0259. The highest BCUT2D eigenvalue weighted by Crippen LogP contribution is 2.22. The quantitative estimate of drug-likeness (QED) is 0.641. The van der Waals surface area contributed by atoms with Gasteiger partial charge in [0.25, 0.3) is 0 Å². The maximum absolute atomic E-state index is 5.63. The molecule has 0 bridgehead atoms. The SMILES string of the molecule is CCOC(C)(C)CC(C)CCBr. The zero-order valence-electron chi connectivity index (χ0n) is 8.69.